The van der Waals surface area contributed by atoms with E-state index in [4.69, 9.17) is 0 Å². The second-order valence-corrected chi connectivity index (χ2v) is 1.24. The fourth-order valence-corrected chi connectivity index (χ4v) is 0.286. The highest BCUT2D eigenvalue weighted by atomic mass is 19.4. The Morgan fingerprint density at radius 1 is 1.44 bits per heavy atom. The number of rotatable bonds is 0. The van der Waals surface area contributed by atoms with E-state index in [1.165, 1.54) is 0 Å². The summed E-state index contributed by atoms with van der Waals surface area (Å²) in [4.78, 5) is 2.85. The molecule has 0 fully saturated rings. The first kappa shape index (κ1) is 6.12. The van der Waals surface area contributed by atoms with Gasteiger partial charge < -0.3 is 4.42 Å². The summed E-state index contributed by atoms with van der Waals surface area (Å²) in [6.07, 6.45) is -1.28. The summed E-state index contributed by atoms with van der Waals surface area (Å²) in [5.41, 5.74) is 0. The fraction of sp³-hybridized carbons (Fsp3) is 0.250. The molecule has 0 atom stereocenters. The van der Waals surface area contributed by atoms with Gasteiger partial charge >= 0.3 is 6.18 Å². The number of aromatic nitrogens is 1. The third kappa shape index (κ3) is 1.22. The third-order valence-electron chi connectivity index (χ3n) is 0.608. The molecule has 0 saturated heterocycles. The van der Waals surface area contributed by atoms with Crippen LogP contribution in [0.25, 0.3) is 0 Å². The minimum atomic E-state index is -4.49. The smallest absolute Gasteiger partial charge is 0.427 e. The van der Waals surface area contributed by atoms with E-state index in [1.54, 1.807) is 12.6 Å². The second-order valence-electron chi connectivity index (χ2n) is 1.24. The molecule has 1 aromatic rings. The Kier molecular flexibility index (Phi) is 1.19. The molecular weight excluding hydrogens is 135 g/mol. The van der Waals surface area contributed by atoms with E-state index in [1.807, 2.05) is 0 Å². The van der Waals surface area contributed by atoms with Crippen molar-refractivity contribution in [1.29, 1.82) is 0 Å². The summed E-state index contributed by atoms with van der Waals surface area (Å²) >= 11 is 0. The van der Waals surface area contributed by atoms with Crippen LogP contribution in [0.5, 0.6) is 0 Å². The van der Waals surface area contributed by atoms with Crippen LogP contribution < -0.4 is 0 Å². The molecular formula is C4F3NO. The second kappa shape index (κ2) is 1.75. The molecule has 0 aliphatic heterocycles. The van der Waals surface area contributed by atoms with Crippen LogP contribution >= 0.6 is 0 Å². The van der Waals surface area contributed by atoms with Crippen LogP contribution in [0.4, 0.5) is 13.2 Å². The van der Waals surface area contributed by atoms with E-state index in [2.05, 4.69) is 9.40 Å². The van der Waals surface area contributed by atoms with Gasteiger partial charge in [-0.05, 0) is 0 Å². The standard InChI is InChI=1S/C4F3NO/c5-4(6,7)3-1-8-2-9-3. The van der Waals surface area contributed by atoms with Crippen molar-refractivity contribution in [3.63, 3.8) is 0 Å². The molecule has 2 nitrogen and oxygen atoms in total. The lowest BCUT2D eigenvalue weighted by atomic mass is 10.5. The van der Waals surface area contributed by atoms with Gasteiger partial charge in [-0.3, -0.25) is 0 Å². The van der Waals surface area contributed by atoms with E-state index in [9.17, 15) is 13.2 Å². The Morgan fingerprint density at radius 2 is 2.11 bits per heavy atom. The van der Waals surface area contributed by atoms with Crippen LogP contribution in [0.3, 0.4) is 0 Å². The van der Waals surface area contributed by atoms with E-state index < -0.39 is 11.9 Å². The molecule has 48 valence electrons. The van der Waals surface area contributed by atoms with E-state index in [0.717, 1.165) is 0 Å². The van der Waals surface area contributed by atoms with Crippen molar-refractivity contribution in [2.75, 3.05) is 0 Å². The Bertz CT molecular complexity index is 178. The summed E-state index contributed by atoms with van der Waals surface area (Å²) in [5.74, 6) is -1.25. The maximum Gasteiger partial charge on any atom is 0.451 e. The van der Waals surface area contributed by atoms with Crippen molar-refractivity contribution < 1.29 is 17.6 Å². The quantitative estimate of drug-likeness (QED) is 0.535. The molecule has 0 aliphatic rings. The monoisotopic (exact) mass is 135 g/mol. The number of hydrogen-bond donors (Lipinski definition) is 0. The largest absolute Gasteiger partial charge is 0.451 e. The van der Waals surface area contributed by atoms with Crippen LogP contribution in [0.2, 0.25) is 0 Å². The predicted octanol–water partition coefficient (Wildman–Crippen LogP) is 1.29. The van der Waals surface area contributed by atoms with Crippen LogP contribution in [-0.4, -0.2) is 4.98 Å². The molecule has 9 heavy (non-hydrogen) atoms. The third-order valence-corrected chi connectivity index (χ3v) is 0.608. The van der Waals surface area contributed by atoms with E-state index >= 15 is 0 Å². The van der Waals surface area contributed by atoms with Crippen LogP contribution in [0.1, 0.15) is 5.76 Å². The highest BCUT2D eigenvalue weighted by Crippen LogP contribution is 2.27. The minimum absolute atomic E-state index is 1.25. The maximum absolute atomic E-state index is 11.4. The van der Waals surface area contributed by atoms with Crippen molar-refractivity contribution >= 4 is 0 Å². The van der Waals surface area contributed by atoms with Crippen molar-refractivity contribution in [2.45, 2.75) is 6.18 Å². The zero-order valence-electron chi connectivity index (χ0n) is 3.99. The van der Waals surface area contributed by atoms with Crippen molar-refractivity contribution in [3.8, 4) is 0 Å². The number of hydrogen-bond acceptors (Lipinski definition) is 2. The molecule has 5 heteroatoms. The molecule has 0 amide bonds. The molecule has 0 bridgehead atoms. The number of nitrogens with zero attached hydrogens (tertiary/aromatic N) is 1. The van der Waals surface area contributed by atoms with Gasteiger partial charge in [-0.15, -0.1) is 0 Å². The van der Waals surface area contributed by atoms with E-state index in [-0.39, 0.29) is 0 Å². The van der Waals surface area contributed by atoms with Crippen LogP contribution in [-0.2, 0) is 6.18 Å². The summed E-state index contributed by atoms with van der Waals surface area (Å²) in [7, 11) is 0. The van der Waals surface area contributed by atoms with Gasteiger partial charge in [0.15, 0.2) is 0 Å². The summed E-state index contributed by atoms with van der Waals surface area (Å²) in [6, 6.07) is 0. The highest BCUT2D eigenvalue weighted by molar-refractivity contribution is 4.90. The molecule has 0 N–H and O–H groups in total. The average Bonchev–Trinajstić information content (AvgIpc) is 2.08. The first-order valence-corrected chi connectivity index (χ1v) is 1.92. The maximum atomic E-state index is 11.4. The Hall–Kier alpha value is -1.00. The summed E-state index contributed by atoms with van der Waals surface area (Å²) in [6.45, 7) is 0. The lowest BCUT2D eigenvalue weighted by Gasteiger charge is -1.96. The fourth-order valence-electron chi connectivity index (χ4n) is 0.286. The lowest BCUT2D eigenvalue weighted by molar-refractivity contribution is -0.153. The van der Waals surface area contributed by atoms with Gasteiger partial charge in [0.1, 0.15) is 6.20 Å². The number of oxazole rings is 1. The van der Waals surface area contributed by atoms with Gasteiger partial charge in [0.25, 0.3) is 6.39 Å². The zero-order valence-corrected chi connectivity index (χ0v) is 3.99. The van der Waals surface area contributed by atoms with Gasteiger partial charge in [-0.2, -0.15) is 13.2 Å². The Balaban J connectivity index is 2.90. The first-order valence-electron chi connectivity index (χ1n) is 1.92. The lowest BCUT2D eigenvalue weighted by Crippen LogP contribution is -2.02. The molecule has 0 saturated carbocycles. The summed E-state index contributed by atoms with van der Waals surface area (Å²) in [5, 5.41) is 0. The molecule has 1 heterocycles. The molecule has 0 aromatic carbocycles. The zero-order chi connectivity index (χ0) is 6.91. The van der Waals surface area contributed by atoms with Crippen molar-refractivity contribution in [1.82, 2.24) is 4.98 Å². The van der Waals surface area contributed by atoms with Gasteiger partial charge in [-0.1, -0.05) is 0 Å². The predicted molar refractivity (Wildman–Crippen MR) is 19.2 cm³/mol. The van der Waals surface area contributed by atoms with Crippen LogP contribution in [0, 0.1) is 12.6 Å². The van der Waals surface area contributed by atoms with Crippen LogP contribution in [0.15, 0.2) is 4.42 Å². The average molecular weight is 135 g/mol. The summed E-state index contributed by atoms with van der Waals surface area (Å²) < 4.78 is 38.1. The topological polar surface area (TPSA) is 26.0 Å². The van der Waals surface area contributed by atoms with Crippen molar-refractivity contribution in [2.24, 2.45) is 0 Å². The Labute approximate surface area is 48.3 Å². The van der Waals surface area contributed by atoms with Gasteiger partial charge in [-0.25, -0.2) is 4.98 Å². The van der Waals surface area contributed by atoms with Gasteiger partial charge in [0, 0.05) is 0 Å². The SMILES string of the molecule is FC(F)(F)c1[c]n[c]o1. The molecule has 0 spiro atoms. The Morgan fingerprint density at radius 3 is 2.33 bits per heavy atom. The number of alkyl halides is 3. The first-order chi connectivity index (χ1) is 4.11. The number of halogens is 3. The molecule has 2 radical (unpaired) electrons. The van der Waals surface area contributed by atoms with Gasteiger partial charge in [0.05, 0.1) is 0 Å². The normalized spacial score (nSPS) is 11.9. The highest BCUT2D eigenvalue weighted by Gasteiger charge is 2.35. The molecule has 0 aliphatic carbocycles. The molecule has 1 aromatic heterocycles. The van der Waals surface area contributed by atoms with E-state index in [0.29, 0.717) is 0 Å². The van der Waals surface area contributed by atoms with Crippen molar-refractivity contribution in [3.05, 3.63) is 18.4 Å². The minimum Gasteiger partial charge on any atom is -0.427 e. The molecule has 0 unspecified atom stereocenters. The molecule has 1 rings (SSSR count). The van der Waals surface area contributed by atoms with Gasteiger partial charge in [0.2, 0.25) is 5.76 Å².